The van der Waals surface area contributed by atoms with Gasteiger partial charge in [0.2, 0.25) is 0 Å². The van der Waals surface area contributed by atoms with Gasteiger partial charge in [0.25, 0.3) is 10.0 Å². The van der Waals surface area contributed by atoms with Crippen molar-refractivity contribution < 1.29 is 22.7 Å². The van der Waals surface area contributed by atoms with Crippen LogP contribution in [0.15, 0.2) is 41.3 Å². The molecule has 2 aromatic carbocycles. The first-order valence-corrected chi connectivity index (χ1v) is 7.90. The molecular formula is C14H11ClFNO4S. The number of benzene rings is 2. The Labute approximate surface area is 131 Å². The van der Waals surface area contributed by atoms with E-state index in [4.69, 9.17) is 16.7 Å². The van der Waals surface area contributed by atoms with E-state index in [1.54, 1.807) is 0 Å². The smallest absolute Gasteiger partial charge is 0.340 e. The highest BCUT2D eigenvalue weighted by atomic mass is 35.5. The van der Waals surface area contributed by atoms with Crippen LogP contribution in [0.3, 0.4) is 0 Å². The Morgan fingerprint density at radius 1 is 1.23 bits per heavy atom. The molecule has 0 unspecified atom stereocenters. The summed E-state index contributed by atoms with van der Waals surface area (Å²) < 4.78 is 40.4. The monoisotopic (exact) mass is 343 g/mol. The van der Waals surface area contributed by atoms with E-state index in [9.17, 15) is 17.6 Å². The molecule has 0 aliphatic heterocycles. The van der Waals surface area contributed by atoms with E-state index in [0.29, 0.717) is 5.56 Å². The highest BCUT2D eigenvalue weighted by Crippen LogP contribution is 2.27. The first-order chi connectivity index (χ1) is 10.2. The number of carbonyl (C=O) groups is 1. The van der Waals surface area contributed by atoms with Crippen LogP contribution in [-0.2, 0) is 10.0 Å². The maximum absolute atomic E-state index is 13.6. The van der Waals surface area contributed by atoms with Gasteiger partial charge in [0.15, 0.2) is 0 Å². The maximum atomic E-state index is 13.6. The van der Waals surface area contributed by atoms with Gasteiger partial charge in [-0.15, -0.1) is 0 Å². The first-order valence-electron chi connectivity index (χ1n) is 6.04. The molecule has 2 aromatic rings. The fraction of sp³-hybridized carbons (Fsp3) is 0.0714. The Morgan fingerprint density at radius 3 is 2.50 bits per heavy atom. The lowest BCUT2D eigenvalue weighted by Gasteiger charge is -2.13. The van der Waals surface area contributed by atoms with Gasteiger partial charge in [-0.3, -0.25) is 4.72 Å². The van der Waals surface area contributed by atoms with E-state index in [-0.39, 0.29) is 15.6 Å². The number of nitrogens with one attached hydrogen (secondary N) is 1. The van der Waals surface area contributed by atoms with Crippen LogP contribution in [0, 0.1) is 12.7 Å². The third kappa shape index (κ3) is 3.05. The lowest BCUT2D eigenvalue weighted by Crippen LogP contribution is -2.17. The summed E-state index contributed by atoms with van der Waals surface area (Å²) in [5.74, 6) is -2.60. The third-order valence-electron chi connectivity index (χ3n) is 2.98. The number of hydrogen-bond acceptors (Lipinski definition) is 3. The molecule has 0 saturated carbocycles. The Morgan fingerprint density at radius 2 is 1.86 bits per heavy atom. The number of carboxylic acid groups (broad SMARTS) is 1. The van der Waals surface area contributed by atoms with Gasteiger partial charge in [0.05, 0.1) is 10.6 Å². The summed E-state index contributed by atoms with van der Waals surface area (Å²) in [6, 6.07) is 7.62. The van der Waals surface area contributed by atoms with Gasteiger partial charge in [-0.25, -0.2) is 17.6 Å². The standard InChI is InChI=1S/C14H11ClFNO4S/c1-8-9(15)4-2-7-12(8)22(20,21)17-11-6-3-5-10(16)13(11)14(18)19/h2-7,17H,1H3,(H,18,19). The van der Waals surface area contributed by atoms with Gasteiger partial charge in [-0.05, 0) is 36.8 Å². The van der Waals surface area contributed by atoms with Crippen molar-refractivity contribution in [1.82, 2.24) is 0 Å². The molecule has 0 aliphatic rings. The summed E-state index contributed by atoms with van der Waals surface area (Å²) in [6.07, 6.45) is 0. The number of anilines is 1. The second-order valence-corrected chi connectivity index (χ2v) is 6.49. The lowest BCUT2D eigenvalue weighted by atomic mass is 10.2. The van der Waals surface area contributed by atoms with Crippen LogP contribution in [0.2, 0.25) is 5.02 Å². The van der Waals surface area contributed by atoms with Crippen LogP contribution in [0.4, 0.5) is 10.1 Å². The molecule has 0 spiro atoms. The second-order valence-electron chi connectivity index (χ2n) is 4.44. The fourth-order valence-corrected chi connectivity index (χ4v) is 3.48. The molecule has 0 amide bonds. The van der Waals surface area contributed by atoms with E-state index in [1.165, 1.54) is 37.3 Å². The average Bonchev–Trinajstić information content (AvgIpc) is 2.40. The van der Waals surface area contributed by atoms with Crippen molar-refractivity contribution in [1.29, 1.82) is 0 Å². The molecule has 8 heteroatoms. The fourth-order valence-electron chi connectivity index (χ4n) is 1.91. The van der Waals surface area contributed by atoms with Crippen LogP contribution < -0.4 is 4.72 Å². The molecular weight excluding hydrogens is 333 g/mol. The molecule has 0 atom stereocenters. The number of hydrogen-bond donors (Lipinski definition) is 2. The highest BCUT2D eigenvalue weighted by molar-refractivity contribution is 7.92. The molecule has 0 aliphatic carbocycles. The van der Waals surface area contributed by atoms with Crippen molar-refractivity contribution in [3.63, 3.8) is 0 Å². The van der Waals surface area contributed by atoms with Crippen LogP contribution in [0.1, 0.15) is 15.9 Å². The molecule has 0 saturated heterocycles. The molecule has 2 N–H and O–H groups in total. The quantitative estimate of drug-likeness (QED) is 0.892. The van der Waals surface area contributed by atoms with Gasteiger partial charge < -0.3 is 5.11 Å². The van der Waals surface area contributed by atoms with Crippen LogP contribution in [0.25, 0.3) is 0 Å². The molecule has 5 nitrogen and oxygen atoms in total. The summed E-state index contributed by atoms with van der Waals surface area (Å²) in [6.45, 7) is 1.51. The second kappa shape index (κ2) is 5.94. The zero-order chi connectivity index (χ0) is 16.5. The topological polar surface area (TPSA) is 83.5 Å². The number of sulfonamides is 1. The van der Waals surface area contributed by atoms with Gasteiger partial charge >= 0.3 is 5.97 Å². The number of carboxylic acids is 1. The van der Waals surface area contributed by atoms with Gasteiger partial charge in [0, 0.05) is 5.02 Å². The Hall–Kier alpha value is -2.12. The normalized spacial score (nSPS) is 11.2. The van der Waals surface area contributed by atoms with E-state index in [2.05, 4.69) is 4.72 Å². The van der Waals surface area contributed by atoms with E-state index in [1.807, 2.05) is 0 Å². The predicted octanol–water partition coefficient (Wildman–Crippen LogP) is 3.29. The van der Waals surface area contributed by atoms with Gasteiger partial charge in [0.1, 0.15) is 11.4 Å². The van der Waals surface area contributed by atoms with E-state index < -0.39 is 27.4 Å². The van der Waals surface area contributed by atoms with Crippen LogP contribution in [0.5, 0.6) is 0 Å². The Kier molecular flexibility index (Phi) is 4.39. The minimum Gasteiger partial charge on any atom is -0.478 e. The van der Waals surface area contributed by atoms with Crippen molar-refractivity contribution >= 4 is 33.3 Å². The predicted molar refractivity (Wildman–Crippen MR) is 80.4 cm³/mol. The number of aromatic carboxylic acids is 1. The largest absolute Gasteiger partial charge is 0.478 e. The van der Waals surface area contributed by atoms with Crippen molar-refractivity contribution in [2.75, 3.05) is 4.72 Å². The number of halogens is 2. The molecule has 0 aromatic heterocycles. The summed E-state index contributed by atoms with van der Waals surface area (Å²) in [5, 5.41) is 9.27. The summed E-state index contributed by atoms with van der Waals surface area (Å²) in [7, 11) is -4.10. The minimum atomic E-state index is -4.10. The molecule has 2 rings (SSSR count). The van der Waals surface area contributed by atoms with Gasteiger partial charge in [-0.2, -0.15) is 0 Å². The zero-order valence-corrected chi connectivity index (χ0v) is 12.9. The average molecular weight is 344 g/mol. The Balaban J connectivity index is 2.53. The van der Waals surface area contributed by atoms with E-state index in [0.717, 1.165) is 6.07 Å². The third-order valence-corrected chi connectivity index (χ3v) is 4.90. The maximum Gasteiger partial charge on any atom is 0.340 e. The zero-order valence-electron chi connectivity index (χ0n) is 11.3. The molecule has 22 heavy (non-hydrogen) atoms. The molecule has 0 radical (unpaired) electrons. The van der Waals surface area contributed by atoms with Crippen molar-refractivity contribution in [2.24, 2.45) is 0 Å². The summed E-state index contributed by atoms with van der Waals surface area (Å²) in [5.41, 5.74) is -0.789. The summed E-state index contributed by atoms with van der Waals surface area (Å²) >= 11 is 5.88. The summed E-state index contributed by atoms with van der Waals surface area (Å²) in [4.78, 5) is 11.0. The molecule has 0 fully saturated rings. The SMILES string of the molecule is Cc1c(Cl)cccc1S(=O)(=O)Nc1cccc(F)c1C(=O)O. The van der Waals surface area contributed by atoms with E-state index >= 15 is 0 Å². The van der Waals surface area contributed by atoms with Crippen LogP contribution in [-0.4, -0.2) is 19.5 Å². The lowest BCUT2D eigenvalue weighted by molar-refractivity contribution is 0.0693. The molecule has 0 bridgehead atoms. The van der Waals surface area contributed by atoms with Crippen molar-refractivity contribution in [3.05, 3.63) is 58.4 Å². The van der Waals surface area contributed by atoms with Gasteiger partial charge in [-0.1, -0.05) is 23.7 Å². The number of rotatable bonds is 4. The van der Waals surface area contributed by atoms with Crippen molar-refractivity contribution in [2.45, 2.75) is 11.8 Å². The Bertz CT molecular complexity index is 852. The molecule has 0 heterocycles. The minimum absolute atomic E-state index is 0.111. The van der Waals surface area contributed by atoms with Crippen molar-refractivity contribution in [3.8, 4) is 0 Å². The first kappa shape index (κ1) is 16.3. The molecule has 116 valence electrons. The van der Waals surface area contributed by atoms with Crippen LogP contribution >= 0.6 is 11.6 Å². The highest BCUT2D eigenvalue weighted by Gasteiger charge is 2.23.